The Balaban J connectivity index is 1.75. The maximum absolute atomic E-state index is 12.7. The van der Waals surface area contributed by atoms with E-state index in [9.17, 15) is 4.79 Å². The molecule has 0 unspecified atom stereocenters. The first kappa shape index (κ1) is 21.6. The van der Waals surface area contributed by atoms with Crippen molar-refractivity contribution in [2.24, 2.45) is 0 Å². The summed E-state index contributed by atoms with van der Waals surface area (Å²) in [5.41, 5.74) is 1.68. The molecule has 2 aromatic carbocycles. The summed E-state index contributed by atoms with van der Waals surface area (Å²) >= 11 is 1.46. The largest absolute Gasteiger partial charge is 0.496 e. The smallest absolute Gasteiger partial charge is 0.291 e. The minimum absolute atomic E-state index is 0.191. The van der Waals surface area contributed by atoms with Crippen LogP contribution in [-0.4, -0.2) is 27.2 Å². The van der Waals surface area contributed by atoms with E-state index in [-0.39, 0.29) is 5.76 Å². The Bertz CT molecular complexity index is 986. The van der Waals surface area contributed by atoms with Gasteiger partial charge in [0.25, 0.3) is 5.91 Å². The lowest BCUT2D eigenvalue weighted by Gasteiger charge is -2.15. The maximum atomic E-state index is 12.7. The number of hydrogen-bond donors (Lipinski definition) is 1. The Morgan fingerprint density at radius 3 is 2.10 bits per heavy atom. The zero-order chi connectivity index (χ0) is 21.7. The minimum Gasteiger partial charge on any atom is -0.496 e. The Kier molecular flexibility index (Phi) is 6.95. The molecule has 0 spiro atoms. The highest BCUT2D eigenvalue weighted by Crippen LogP contribution is 2.39. The molecule has 1 heterocycles. The van der Waals surface area contributed by atoms with Crippen LogP contribution in [0.4, 0.5) is 5.69 Å². The predicted octanol–water partition coefficient (Wildman–Crippen LogP) is 5.83. The van der Waals surface area contributed by atoms with Crippen LogP contribution in [0.1, 0.15) is 35.9 Å². The Hall–Kier alpha value is -3.06. The van der Waals surface area contributed by atoms with E-state index in [2.05, 4.69) is 43.4 Å². The van der Waals surface area contributed by atoms with Crippen molar-refractivity contribution in [2.45, 2.75) is 29.8 Å². The number of anilines is 1. The van der Waals surface area contributed by atoms with Gasteiger partial charge in [0.15, 0.2) is 10.9 Å². The summed E-state index contributed by atoms with van der Waals surface area (Å²) in [6.07, 6.45) is 0. The molecule has 3 rings (SSSR count). The highest BCUT2D eigenvalue weighted by Gasteiger charge is 2.19. The van der Waals surface area contributed by atoms with Gasteiger partial charge in [-0.25, -0.2) is 0 Å². The SMILES string of the molecule is COc1cc(OC)c(NC(=O)c2ccc(Sc3ccc(C(C)C)cc3)o2)c(OC)c1. The third-order valence-corrected chi connectivity index (χ3v) is 5.45. The van der Waals surface area contributed by atoms with Gasteiger partial charge >= 0.3 is 0 Å². The fourth-order valence-electron chi connectivity index (χ4n) is 2.84. The van der Waals surface area contributed by atoms with Crippen molar-refractivity contribution in [3.05, 3.63) is 59.9 Å². The first-order valence-electron chi connectivity index (χ1n) is 9.44. The van der Waals surface area contributed by atoms with E-state index in [1.165, 1.54) is 31.5 Å². The third-order valence-electron chi connectivity index (χ3n) is 4.52. The van der Waals surface area contributed by atoms with Crippen LogP contribution in [0.5, 0.6) is 17.2 Å². The number of amides is 1. The summed E-state index contributed by atoms with van der Waals surface area (Å²) in [4.78, 5) is 13.8. The molecular formula is C23H25NO5S. The van der Waals surface area contributed by atoms with Gasteiger partial charge in [-0.2, -0.15) is 0 Å². The lowest BCUT2D eigenvalue weighted by Crippen LogP contribution is -2.13. The summed E-state index contributed by atoms with van der Waals surface area (Å²) in [6, 6.07) is 15.1. The van der Waals surface area contributed by atoms with Gasteiger partial charge < -0.3 is 23.9 Å². The standard InChI is InChI=1S/C23H25NO5S/c1-14(2)15-6-8-17(9-7-15)30-21-11-10-18(29-21)23(25)24-22-19(27-4)12-16(26-3)13-20(22)28-5/h6-14H,1-5H3,(H,24,25). The molecule has 6 nitrogen and oxygen atoms in total. The van der Waals surface area contributed by atoms with Crippen molar-refractivity contribution in [3.8, 4) is 17.2 Å². The van der Waals surface area contributed by atoms with Crippen LogP contribution in [0.2, 0.25) is 0 Å². The molecule has 158 valence electrons. The van der Waals surface area contributed by atoms with E-state index in [0.717, 1.165) is 4.90 Å². The molecule has 30 heavy (non-hydrogen) atoms. The van der Waals surface area contributed by atoms with E-state index in [4.69, 9.17) is 18.6 Å². The van der Waals surface area contributed by atoms with Gasteiger partial charge in [-0.05, 0) is 35.7 Å². The topological polar surface area (TPSA) is 69.9 Å². The summed E-state index contributed by atoms with van der Waals surface area (Å²) in [6.45, 7) is 4.32. The fourth-order valence-corrected chi connectivity index (χ4v) is 3.61. The number of methoxy groups -OCH3 is 3. The molecule has 0 saturated heterocycles. The van der Waals surface area contributed by atoms with Crippen molar-refractivity contribution in [1.29, 1.82) is 0 Å². The number of carbonyl (C=O) groups is 1. The molecule has 0 atom stereocenters. The molecule has 0 aliphatic rings. The van der Waals surface area contributed by atoms with Crippen LogP contribution >= 0.6 is 11.8 Å². The molecule has 0 aliphatic heterocycles. The normalized spacial score (nSPS) is 10.7. The molecule has 1 aromatic heterocycles. The number of hydrogen-bond acceptors (Lipinski definition) is 6. The Morgan fingerprint density at radius 2 is 1.57 bits per heavy atom. The molecule has 0 saturated carbocycles. The number of carbonyl (C=O) groups excluding carboxylic acids is 1. The van der Waals surface area contributed by atoms with Gasteiger partial charge in [-0.15, -0.1) is 0 Å². The van der Waals surface area contributed by atoms with Crippen LogP contribution in [-0.2, 0) is 0 Å². The number of rotatable bonds is 8. The number of benzene rings is 2. The Labute approximate surface area is 180 Å². The zero-order valence-corrected chi connectivity index (χ0v) is 18.5. The highest BCUT2D eigenvalue weighted by molar-refractivity contribution is 7.99. The van der Waals surface area contributed by atoms with Crippen molar-refractivity contribution in [3.63, 3.8) is 0 Å². The number of nitrogens with one attached hydrogen (secondary N) is 1. The first-order chi connectivity index (χ1) is 14.4. The van der Waals surface area contributed by atoms with E-state index in [1.807, 2.05) is 0 Å². The van der Waals surface area contributed by atoms with Crippen molar-refractivity contribution >= 4 is 23.4 Å². The van der Waals surface area contributed by atoms with Crippen molar-refractivity contribution in [1.82, 2.24) is 0 Å². The first-order valence-corrected chi connectivity index (χ1v) is 10.3. The summed E-state index contributed by atoms with van der Waals surface area (Å²) in [7, 11) is 4.57. The molecule has 3 aromatic rings. The third kappa shape index (κ3) is 4.91. The van der Waals surface area contributed by atoms with E-state index >= 15 is 0 Å². The minimum atomic E-state index is -0.404. The number of furan rings is 1. The molecule has 0 bridgehead atoms. The van der Waals surface area contributed by atoms with Crippen LogP contribution in [0, 0.1) is 0 Å². The molecule has 0 radical (unpaired) electrons. The summed E-state index contributed by atoms with van der Waals surface area (Å²) < 4.78 is 21.7. The van der Waals surface area contributed by atoms with Gasteiger partial charge in [0.05, 0.1) is 21.3 Å². The average molecular weight is 428 g/mol. The summed E-state index contributed by atoms with van der Waals surface area (Å²) in [5.74, 6) is 1.67. The van der Waals surface area contributed by atoms with E-state index in [1.54, 1.807) is 31.4 Å². The highest BCUT2D eigenvalue weighted by atomic mass is 32.2. The van der Waals surface area contributed by atoms with Gasteiger partial charge in [0.2, 0.25) is 0 Å². The average Bonchev–Trinajstić information content (AvgIpc) is 3.22. The second-order valence-electron chi connectivity index (χ2n) is 6.81. The second-order valence-corrected chi connectivity index (χ2v) is 7.88. The monoisotopic (exact) mass is 427 g/mol. The number of ether oxygens (including phenoxy) is 3. The van der Waals surface area contributed by atoms with E-state index in [0.29, 0.717) is 33.9 Å². The fraction of sp³-hybridized carbons (Fsp3) is 0.261. The van der Waals surface area contributed by atoms with Gasteiger partial charge in [0.1, 0.15) is 22.9 Å². The van der Waals surface area contributed by atoms with Gasteiger partial charge in [-0.1, -0.05) is 37.7 Å². The zero-order valence-electron chi connectivity index (χ0n) is 17.6. The predicted molar refractivity (Wildman–Crippen MR) is 117 cm³/mol. The van der Waals surface area contributed by atoms with Crippen LogP contribution in [0.25, 0.3) is 0 Å². The van der Waals surface area contributed by atoms with Crippen LogP contribution in [0.3, 0.4) is 0 Å². The molecule has 1 amide bonds. The van der Waals surface area contributed by atoms with Crippen molar-refractivity contribution in [2.75, 3.05) is 26.6 Å². The lowest BCUT2D eigenvalue weighted by molar-refractivity contribution is 0.0991. The molecule has 0 fully saturated rings. The Morgan fingerprint density at radius 1 is 0.933 bits per heavy atom. The van der Waals surface area contributed by atoms with Gasteiger partial charge in [-0.3, -0.25) is 4.79 Å². The quantitative estimate of drug-likeness (QED) is 0.488. The van der Waals surface area contributed by atoms with Gasteiger partial charge in [0, 0.05) is 17.0 Å². The van der Waals surface area contributed by atoms with Crippen LogP contribution < -0.4 is 19.5 Å². The molecule has 1 N–H and O–H groups in total. The molecule has 0 aliphatic carbocycles. The second kappa shape index (κ2) is 9.63. The van der Waals surface area contributed by atoms with E-state index < -0.39 is 5.91 Å². The molecule has 7 heteroatoms. The van der Waals surface area contributed by atoms with Crippen molar-refractivity contribution < 1.29 is 23.4 Å². The summed E-state index contributed by atoms with van der Waals surface area (Å²) in [5, 5.41) is 3.43. The van der Waals surface area contributed by atoms with Crippen LogP contribution in [0.15, 0.2) is 62.9 Å². The lowest BCUT2D eigenvalue weighted by atomic mass is 10.0. The molecular weight excluding hydrogens is 402 g/mol. The maximum Gasteiger partial charge on any atom is 0.291 e.